The fraction of sp³-hybridized carbons (Fsp3) is 0.714. The van der Waals surface area contributed by atoms with Crippen molar-refractivity contribution in [2.24, 2.45) is 5.92 Å². The van der Waals surface area contributed by atoms with Crippen molar-refractivity contribution in [3.63, 3.8) is 0 Å². The van der Waals surface area contributed by atoms with Gasteiger partial charge >= 0.3 is 23.9 Å². The van der Waals surface area contributed by atoms with E-state index in [1.54, 1.807) is 0 Å². The molecule has 2 amide bonds. The van der Waals surface area contributed by atoms with E-state index in [4.69, 9.17) is 15.3 Å². The molecule has 0 bridgehead atoms. The molecule has 0 rings (SSSR count). The van der Waals surface area contributed by atoms with Crippen LogP contribution in [0, 0.1) is 5.92 Å². The van der Waals surface area contributed by atoms with E-state index in [0.717, 1.165) is 0 Å². The Morgan fingerprint density at radius 1 is 0.826 bits per heavy atom. The Bertz CT molecular complexity index is 437. The first-order valence-corrected chi connectivity index (χ1v) is 7.38. The number of carboxylic acids is 3. The van der Waals surface area contributed by atoms with Crippen molar-refractivity contribution in [2.45, 2.75) is 58.0 Å². The van der Waals surface area contributed by atoms with Gasteiger partial charge in [-0.25, -0.2) is 14.4 Å². The molecule has 0 saturated heterocycles. The predicted octanol–water partition coefficient (Wildman–Crippen LogP) is 0.883. The van der Waals surface area contributed by atoms with Crippen molar-refractivity contribution in [3.8, 4) is 0 Å². The number of hydrogen-bond acceptors (Lipinski definition) is 4. The lowest BCUT2D eigenvalue weighted by molar-refractivity contribution is -0.140. The van der Waals surface area contributed by atoms with Crippen LogP contribution in [0.1, 0.15) is 46.0 Å². The molecule has 0 radical (unpaired) electrons. The summed E-state index contributed by atoms with van der Waals surface area (Å²) in [6.07, 6.45) is 0.648. The SMILES string of the molecule is CC(C)CC[C@H](NC(=O)N[C@H](CCCC(=O)O)C(=O)O)C(=O)O. The molecule has 0 fully saturated rings. The zero-order chi connectivity index (χ0) is 18.0. The van der Waals surface area contributed by atoms with E-state index in [-0.39, 0.29) is 31.6 Å². The maximum absolute atomic E-state index is 11.7. The molecule has 0 aliphatic rings. The van der Waals surface area contributed by atoms with Crippen molar-refractivity contribution in [1.82, 2.24) is 10.6 Å². The minimum Gasteiger partial charge on any atom is -0.481 e. The van der Waals surface area contributed by atoms with E-state index in [2.05, 4.69) is 10.6 Å². The first-order chi connectivity index (χ1) is 10.6. The lowest BCUT2D eigenvalue weighted by Gasteiger charge is -2.19. The van der Waals surface area contributed by atoms with E-state index in [1.165, 1.54) is 0 Å². The number of aliphatic carboxylic acids is 3. The van der Waals surface area contributed by atoms with Gasteiger partial charge in [0.2, 0.25) is 0 Å². The van der Waals surface area contributed by atoms with Crippen LogP contribution in [-0.2, 0) is 14.4 Å². The highest BCUT2D eigenvalue weighted by molar-refractivity contribution is 5.86. The minimum atomic E-state index is -1.31. The van der Waals surface area contributed by atoms with Gasteiger partial charge in [-0.05, 0) is 31.6 Å². The molecular formula is C14H24N2O7. The molecule has 0 aromatic heterocycles. The molecule has 0 spiro atoms. The Balaban J connectivity index is 4.50. The van der Waals surface area contributed by atoms with Gasteiger partial charge in [0.05, 0.1) is 0 Å². The summed E-state index contributed by atoms with van der Waals surface area (Å²) in [6, 6.07) is -3.27. The Labute approximate surface area is 134 Å². The average Bonchev–Trinajstić information content (AvgIpc) is 2.41. The number of carbonyl (C=O) groups excluding carboxylic acids is 1. The number of urea groups is 1. The van der Waals surface area contributed by atoms with Crippen LogP contribution in [0.25, 0.3) is 0 Å². The average molecular weight is 332 g/mol. The second-order valence-electron chi connectivity index (χ2n) is 5.66. The summed E-state index contributed by atoms with van der Waals surface area (Å²) >= 11 is 0. The smallest absolute Gasteiger partial charge is 0.326 e. The maximum atomic E-state index is 11.7. The van der Waals surface area contributed by atoms with E-state index < -0.39 is 36.0 Å². The number of nitrogens with one attached hydrogen (secondary N) is 2. The minimum absolute atomic E-state index is 0.0568. The summed E-state index contributed by atoms with van der Waals surface area (Å²) in [5, 5.41) is 31.0. The molecular weight excluding hydrogens is 308 g/mol. The molecule has 0 saturated carbocycles. The first kappa shape index (κ1) is 20.7. The molecule has 5 N–H and O–H groups in total. The Morgan fingerprint density at radius 3 is 1.70 bits per heavy atom. The molecule has 0 heterocycles. The molecule has 0 aliphatic heterocycles. The molecule has 9 heteroatoms. The Kier molecular flexibility index (Phi) is 9.36. The standard InChI is InChI=1S/C14H24N2O7/c1-8(2)6-7-10(13(21)22)16-14(23)15-9(12(19)20)4-3-5-11(17)18/h8-10H,3-7H2,1-2H3,(H,17,18)(H,19,20)(H,21,22)(H2,15,16,23)/t9-,10+/m1/s1. The molecule has 0 aromatic carbocycles. The van der Waals surface area contributed by atoms with Crippen molar-refractivity contribution in [1.29, 1.82) is 0 Å². The van der Waals surface area contributed by atoms with Crippen molar-refractivity contribution < 1.29 is 34.5 Å². The number of amides is 2. The first-order valence-electron chi connectivity index (χ1n) is 7.38. The lowest BCUT2D eigenvalue weighted by atomic mass is 10.0. The molecule has 132 valence electrons. The van der Waals surface area contributed by atoms with Gasteiger partial charge in [-0.3, -0.25) is 4.79 Å². The van der Waals surface area contributed by atoms with Gasteiger partial charge in [0.15, 0.2) is 0 Å². The third kappa shape index (κ3) is 10.1. The van der Waals surface area contributed by atoms with Gasteiger partial charge in [-0.1, -0.05) is 13.8 Å². The Morgan fingerprint density at radius 2 is 1.30 bits per heavy atom. The molecule has 2 atom stereocenters. The molecule has 9 nitrogen and oxygen atoms in total. The normalized spacial score (nSPS) is 13.2. The lowest BCUT2D eigenvalue weighted by Crippen LogP contribution is -2.51. The second-order valence-corrected chi connectivity index (χ2v) is 5.66. The van der Waals surface area contributed by atoms with E-state index in [9.17, 15) is 19.2 Å². The largest absolute Gasteiger partial charge is 0.481 e. The summed E-state index contributed by atoms with van der Waals surface area (Å²) in [7, 11) is 0. The monoisotopic (exact) mass is 332 g/mol. The van der Waals surface area contributed by atoms with Crippen molar-refractivity contribution in [3.05, 3.63) is 0 Å². The summed E-state index contributed by atoms with van der Waals surface area (Å²) in [6.45, 7) is 3.84. The van der Waals surface area contributed by atoms with Crippen LogP contribution in [0.2, 0.25) is 0 Å². The van der Waals surface area contributed by atoms with Gasteiger partial charge in [0, 0.05) is 6.42 Å². The van der Waals surface area contributed by atoms with Crippen molar-refractivity contribution in [2.75, 3.05) is 0 Å². The van der Waals surface area contributed by atoms with Crippen molar-refractivity contribution >= 4 is 23.9 Å². The van der Waals surface area contributed by atoms with E-state index in [1.807, 2.05) is 13.8 Å². The second kappa shape index (κ2) is 10.4. The maximum Gasteiger partial charge on any atom is 0.326 e. The predicted molar refractivity (Wildman–Crippen MR) is 80.1 cm³/mol. The van der Waals surface area contributed by atoms with Crippen LogP contribution in [-0.4, -0.2) is 51.3 Å². The summed E-state index contributed by atoms with van der Waals surface area (Å²) < 4.78 is 0. The van der Waals surface area contributed by atoms with E-state index >= 15 is 0 Å². The number of carbonyl (C=O) groups is 4. The van der Waals surface area contributed by atoms with Gasteiger partial charge < -0.3 is 26.0 Å². The Hall–Kier alpha value is -2.32. The quantitative estimate of drug-likeness (QED) is 0.376. The molecule has 0 aliphatic carbocycles. The number of rotatable bonds is 11. The number of carboxylic acid groups (broad SMARTS) is 3. The highest BCUT2D eigenvalue weighted by Gasteiger charge is 2.24. The molecule has 0 unspecified atom stereocenters. The zero-order valence-corrected chi connectivity index (χ0v) is 13.2. The van der Waals surface area contributed by atoms with E-state index in [0.29, 0.717) is 6.42 Å². The van der Waals surface area contributed by atoms with Crippen LogP contribution < -0.4 is 10.6 Å². The van der Waals surface area contributed by atoms with Crippen LogP contribution in [0.4, 0.5) is 4.79 Å². The van der Waals surface area contributed by atoms with Gasteiger partial charge in [0.25, 0.3) is 0 Å². The molecule has 0 aromatic rings. The van der Waals surface area contributed by atoms with Crippen LogP contribution in [0.3, 0.4) is 0 Å². The third-order valence-electron chi connectivity index (χ3n) is 3.12. The third-order valence-corrected chi connectivity index (χ3v) is 3.12. The molecule has 23 heavy (non-hydrogen) atoms. The summed E-state index contributed by atoms with van der Waals surface area (Å²) in [5.74, 6) is -3.29. The topological polar surface area (TPSA) is 153 Å². The zero-order valence-electron chi connectivity index (χ0n) is 13.2. The van der Waals surface area contributed by atoms with Gasteiger partial charge in [-0.15, -0.1) is 0 Å². The van der Waals surface area contributed by atoms with Gasteiger partial charge in [0.1, 0.15) is 12.1 Å². The number of hydrogen-bond donors (Lipinski definition) is 5. The fourth-order valence-electron chi connectivity index (χ4n) is 1.83. The fourth-order valence-corrected chi connectivity index (χ4v) is 1.83. The summed E-state index contributed by atoms with van der Waals surface area (Å²) in [4.78, 5) is 44.3. The highest BCUT2D eigenvalue weighted by atomic mass is 16.4. The van der Waals surface area contributed by atoms with Gasteiger partial charge in [-0.2, -0.15) is 0 Å². The van der Waals surface area contributed by atoms with Crippen LogP contribution >= 0.6 is 0 Å². The van der Waals surface area contributed by atoms with Crippen LogP contribution in [0.5, 0.6) is 0 Å². The summed E-state index contributed by atoms with van der Waals surface area (Å²) in [5.41, 5.74) is 0. The van der Waals surface area contributed by atoms with Crippen LogP contribution in [0.15, 0.2) is 0 Å². The highest BCUT2D eigenvalue weighted by Crippen LogP contribution is 2.07.